The molecule has 0 aliphatic rings. The average molecular weight is 394 g/mol. The van der Waals surface area contributed by atoms with Crippen LogP contribution in [-0.4, -0.2) is 42.1 Å². The third-order valence-corrected chi connectivity index (χ3v) is 4.50. The molecule has 0 atom stereocenters. The van der Waals surface area contributed by atoms with Crippen molar-refractivity contribution in [3.05, 3.63) is 70.0 Å². The minimum absolute atomic E-state index is 0.146. The minimum Gasteiger partial charge on any atom is -0.478 e. The molecule has 144 valence electrons. The number of rotatable bonds is 9. The van der Waals surface area contributed by atoms with Gasteiger partial charge in [-0.25, -0.2) is 9.18 Å². The molecule has 2 aromatic carbocycles. The van der Waals surface area contributed by atoms with Crippen molar-refractivity contribution in [2.24, 2.45) is 0 Å². The van der Waals surface area contributed by atoms with Gasteiger partial charge < -0.3 is 14.7 Å². The van der Waals surface area contributed by atoms with Gasteiger partial charge in [-0.05, 0) is 35.7 Å². The number of hydrogen-bond acceptors (Lipinski definition) is 3. The fourth-order valence-corrected chi connectivity index (χ4v) is 2.92. The van der Waals surface area contributed by atoms with E-state index < -0.39 is 11.8 Å². The smallest absolute Gasteiger partial charge is 0.335 e. The van der Waals surface area contributed by atoms with Gasteiger partial charge in [0.15, 0.2) is 0 Å². The summed E-state index contributed by atoms with van der Waals surface area (Å²) in [6, 6.07) is 10.7. The van der Waals surface area contributed by atoms with Crippen molar-refractivity contribution in [1.82, 2.24) is 4.90 Å². The van der Waals surface area contributed by atoms with E-state index in [4.69, 9.17) is 16.3 Å². The molecule has 5 nitrogen and oxygen atoms in total. The zero-order valence-corrected chi connectivity index (χ0v) is 15.7. The third-order valence-electron chi connectivity index (χ3n) is 4.15. The molecule has 2 aromatic rings. The number of carbonyl (C=O) groups is 2. The summed E-state index contributed by atoms with van der Waals surface area (Å²) < 4.78 is 18.3. The molecular weight excluding hydrogens is 373 g/mol. The number of aromatic carboxylic acids is 1. The minimum atomic E-state index is -1.02. The highest BCUT2D eigenvalue weighted by atomic mass is 35.5. The predicted octanol–water partition coefficient (Wildman–Crippen LogP) is 3.79. The summed E-state index contributed by atoms with van der Waals surface area (Å²) in [7, 11) is 1.54. The molecule has 0 bridgehead atoms. The van der Waals surface area contributed by atoms with E-state index in [9.17, 15) is 19.1 Å². The predicted molar refractivity (Wildman–Crippen MR) is 100 cm³/mol. The van der Waals surface area contributed by atoms with Gasteiger partial charge in [0, 0.05) is 31.6 Å². The highest BCUT2D eigenvalue weighted by Gasteiger charge is 2.17. The quantitative estimate of drug-likeness (QED) is 0.704. The lowest BCUT2D eigenvalue weighted by atomic mass is 10.0. The SMILES string of the molecule is COCCN(Cc1ccc(F)cc1Cl)C(=O)CCc1ccccc1C(=O)O. The van der Waals surface area contributed by atoms with E-state index in [-0.39, 0.29) is 29.5 Å². The maximum Gasteiger partial charge on any atom is 0.335 e. The number of amides is 1. The molecule has 7 heteroatoms. The summed E-state index contributed by atoms with van der Waals surface area (Å²) in [4.78, 5) is 25.6. The molecule has 0 spiro atoms. The zero-order chi connectivity index (χ0) is 19.8. The van der Waals surface area contributed by atoms with Gasteiger partial charge in [0.05, 0.1) is 12.2 Å². The Bertz CT molecular complexity index is 812. The number of nitrogens with zero attached hydrogens (tertiary/aromatic N) is 1. The van der Waals surface area contributed by atoms with Crippen molar-refractivity contribution in [2.75, 3.05) is 20.3 Å². The monoisotopic (exact) mass is 393 g/mol. The van der Waals surface area contributed by atoms with E-state index in [0.29, 0.717) is 30.7 Å². The first-order valence-corrected chi connectivity index (χ1v) is 8.82. The number of methoxy groups -OCH3 is 1. The Labute approximate surface area is 162 Å². The van der Waals surface area contributed by atoms with E-state index in [1.165, 1.54) is 25.3 Å². The summed E-state index contributed by atoms with van der Waals surface area (Å²) >= 11 is 6.07. The van der Waals surface area contributed by atoms with Crippen molar-refractivity contribution < 1.29 is 23.8 Å². The lowest BCUT2D eigenvalue weighted by Gasteiger charge is -2.23. The Morgan fingerprint density at radius 1 is 1.19 bits per heavy atom. The second-order valence-electron chi connectivity index (χ2n) is 6.01. The van der Waals surface area contributed by atoms with Gasteiger partial charge in [-0.1, -0.05) is 35.9 Å². The maximum absolute atomic E-state index is 13.2. The number of carboxylic acid groups (broad SMARTS) is 1. The first-order valence-electron chi connectivity index (χ1n) is 8.44. The molecule has 1 amide bonds. The van der Waals surface area contributed by atoms with Crippen molar-refractivity contribution in [2.45, 2.75) is 19.4 Å². The molecule has 0 aliphatic carbocycles. The summed E-state index contributed by atoms with van der Waals surface area (Å²) in [6.45, 7) is 0.918. The Morgan fingerprint density at radius 3 is 2.59 bits per heavy atom. The Hall–Kier alpha value is -2.44. The summed E-state index contributed by atoms with van der Waals surface area (Å²) in [5, 5.41) is 9.50. The van der Waals surface area contributed by atoms with Gasteiger partial charge in [0.2, 0.25) is 5.91 Å². The van der Waals surface area contributed by atoms with E-state index in [2.05, 4.69) is 0 Å². The fourth-order valence-electron chi connectivity index (χ4n) is 2.70. The molecule has 0 saturated carbocycles. The van der Waals surface area contributed by atoms with Crippen LogP contribution in [0.1, 0.15) is 27.9 Å². The Balaban J connectivity index is 2.09. The third kappa shape index (κ3) is 6.05. The lowest BCUT2D eigenvalue weighted by molar-refractivity contribution is -0.132. The van der Waals surface area contributed by atoms with Crippen LogP contribution in [0.15, 0.2) is 42.5 Å². The van der Waals surface area contributed by atoms with E-state index in [1.807, 2.05) is 0 Å². The summed E-state index contributed by atoms with van der Waals surface area (Å²) in [6.07, 6.45) is 0.453. The second-order valence-corrected chi connectivity index (χ2v) is 6.41. The number of ether oxygens (including phenoxy) is 1. The van der Waals surface area contributed by atoms with Crippen LogP contribution < -0.4 is 0 Å². The van der Waals surface area contributed by atoms with Gasteiger partial charge in [0.25, 0.3) is 0 Å². The Kier molecular flexibility index (Phi) is 7.76. The molecule has 1 N–H and O–H groups in total. The molecule has 2 rings (SSSR count). The topological polar surface area (TPSA) is 66.8 Å². The normalized spacial score (nSPS) is 10.6. The van der Waals surface area contributed by atoms with E-state index in [1.54, 1.807) is 29.2 Å². The van der Waals surface area contributed by atoms with Gasteiger partial charge in [-0.15, -0.1) is 0 Å². The van der Waals surface area contributed by atoms with Crippen molar-refractivity contribution >= 4 is 23.5 Å². The number of halogens is 2. The second kappa shape index (κ2) is 10.0. The molecule has 0 heterocycles. The molecule has 0 aliphatic heterocycles. The van der Waals surface area contributed by atoms with Gasteiger partial charge in [0.1, 0.15) is 5.82 Å². The fraction of sp³-hybridized carbons (Fsp3) is 0.300. The van der Waals surface area contributed by atoms with Gasteiger partial charge in [-0.3, -0.25) is 4.79 Å². The first-order chi connectivity index (χ1) is 12.9. The van der Waals surface area contributed by atoms with Crippen molar-refractivity contribution in [3.63, 3.8) is 0 Å². The largest absolute Gasteiger partial charge is 0.478 e. The van der Waals surface area contributed by atoms with Crippen LogP contribution in [0, 0.1) is 5.82 Å². The van der Waals surface area contributed by atoms with Gasteiger partial charge >= 0.3 is 5.97 Å². The number of hydrogen-bond donors (Lipinski definition) is 1. The number of aryl methyl sites for hydroxylation is 1. The molecule has 0 fully saturated rings. The van der Waals surface area contributed by atoms with Crippen molar-refractivity contribution in [3.8, 4) is 0 Å². The highest BCUT2D eigenvalue weighted by molar-refractivity contribution is 6.31. The molecule has 0 saturated heterocycles. The highest BCUT2D eigenvalue weighted by Crippen LogP contribution is 2.20. The molecule has 0 unspecified atom stereocenters. The molecule has 27 heavy (non-hydrogen) atoms. The van der Waals surface area contributed by atoms with Crippen LogP contribution in [-0.2, 0) is 22.5 Å². The van der Waals surface area contributed by atoms with Crippen LogP contribution in [0.2, 0.25) is 5.02 Å². The first kappa shape index (κ1) is 20.9. The molecular formula is C20H21ClFNO4. The maximum atomic E-state index is 13.2. The van der Waals surface area contributed by atoms with Crippen LogP contribution in [0.3, 0.4) is 0 Å². The van der Waals surface area contributed by atoms with Gasteiger partial charge in [-0.2, -0.15) is 0 Å². The van der Waals surface area contributed by atoms with Crippen LogP contribution in [0.4, 0.5) is 4.39 Å². The summed E-state index contributed by atoms with van der Waals surface area (Å²) in [5.74, 6) is -1.62. The van der Waals surface area contributed by atoms with Crippen molar-refractivity contribution in [1.29, 1.82) is 0 Å². The standard InChI is InChI=1S/C20H21ClFNO4/c1-27-11-10-23(13-15-6-8-16(22)12-18(15)21)19(24)9-7-14-4-2-3-5-17(14)20(25)26/h2-6,8,12H,7,9-11,13H2,1H3,(H,25,26). The number of carboxylic acids is 1. The van der Waals surface area contributed by atoms with E-state index in [0.717, 1.165) is 0 Å². The van der Waals surface area contributed by atoms with Crippen LogP contribution >= 0.6 is 11.6 Å². The van der Waals surface area contributed by atoms with E-state index >= 15 is 0 Å². The molecule has 0 aromatic heterocycles. The zero-order valence-electron chi connectivity index (χ0n) is 15.0. The number of benzene rings is 2. The average Bonchev–Trinajstić information content (AvgIpc) is 2.65. The van der Waals surface area contributed by atoms with Crippen LogP contribution in [0.25, 0.3) is 0 Å². The Morgan fingerprint density at radius 2 is 1.93 bits per heavy atom. The lowest BCUT2D eigenvalue weighted by Crippen LogP contribution is -2.33. The summed E-state index contributed by atoms with van der Waals surface area (Å²) in [5.41, 5.74) is 1.42. The molecule has 0 radical (unpaired) electrons. The van der Waals surface area contributed by atoms with Crippen LogP contribution in [0.5, 0.6) is 0 Å². The number of carbonyl (C=O) groups excluding carboxylic acids is 1.